The van der Waals surface area contributed by atoms with E-state index in [0.717, 1.165) is 36.1 Å². The smallest absolute Gasteiger partial charge is 0.107 e. The Bertz CT molecular complexity index is 1110. The Morgan fingerprint density at radius 3 is 2.32 bits per heavy atom. The summed E-state index contributed by atoms with van der Waals surface area (Å²) in [7, 11) is 0. The number of imidazole rings is 1. The van der Waals surface area contributed by atoms with E-state index in [2.05, 4.69) is 54.1 Å². The number of aryl methyl sites for hydroxylation is 4. The van der Waals surface area contributed by atoms with Gasteiger partial charge in [0.05, 0.1) is 21.1 Å². The Morgan fingerprint density at radius 1 is 0.786 bits per heavy atom. The van der Waals surface area contributed by atoms with Crippen molar-refractivity contribution in [3.05, 3.63) is 75.0 Å². The molecule has 2 nitrogen and oxygen atoms in total. The first-order valence-electron chi connectivity index (χ1n) is 9.83. The van der Waals surface area contributed by atoms with Gasteiger partial charge in [-0.3, -0.25) is 0 Å². The van der Waals surface area contributed by atoms with Crippen LogP contribution in [0.25, 0.3) is 21.8 Å². The molecule has 0 unspecified atom stereocenters. The molecule has 1 N–H and O–H groups in total. The Hall–Kier alpha value is -2.03. The lowest BCUT2D eigenvalue weighted by atomic mass is 9.98. The van der Waals surface area contributed by atoms with Crippen LogP contribution in [0, 0.1) is 13.8 Å². The van der Waals surface area contributed by atoms with E-state index in [-0.39, 0.29) is 0 Å². The van der Waals surface area contributed by atoms with Crippen LogP contribution in [0.2, 0.25) is 10.0 Å². The zero-order valence-electron chi connectivity index (χ0n) is 16.3. The number of nitrogens with one attached hydrogen (secondary N) is 1. The molecule has 0 amide bonds. The van der Waals surface area contributed by atoms with Gasteiger partial charge >= 0.3 is 0 Å². The van der Waals surface area contributed by atoms with E-state index in [1.54, 1.807) is 0 Å². The van der Waals surface area contributed by atoms with Crippen molar-refractivity contribution in [1.82, 2.24) is 9.97 Å². The highest BCUT2D eigenvalue weighted by Crippen LogP contribution is 2.27. The van der Waals surface area contributed by atoms with Gasteiger partial charge in [0.1, 0.15) is 5.82 Å². The van der Waals surface area contributed by atoms with E-state index < -0.39 is 0 Å². The van der Waals surface area contributed by atoms with E-state index in [0.29, 0.717) is 10.0 Å². The van der Waals surface area contributed by atoms with Gasteiger partial charge in [0.25, 0.3) is 0 Å². The van der Waals surface area contributed by atoms with Crippen LogP contribution in [0.3, 0.4) is 0 Å². The monoisotopic (exact) mass is 410 g/mol. The number of aromatic amines is 1. The number of rotatable bonds is 6. The Kier molecular flexibility index (Phi) is 5.61. The molecule has 4 aromatic rings. The number of halogens is 2. The molecule has 0 spiro atoms. The summed E-state index contributed by atoms with van der Waals surface area (Å²) in [6.07, 6.45) is 5.55. The fourth-order valence-corrected chi connectivity index (χ4v) is 4.03. The van der Waals surface area contributed by atoms with E-state index in [9.17, 15) is 0 Å². The van der Waals surface area contributed by atoms with Crippen LogP contribution in [0.15, 0.2) is 42.5 Å². The normalized spacial score (nSPS) is 11.6. The first-order chi connectivity index (χ1) is 13.5. The molecule has 1 aromatic heterocycles. The third kappa shape index (κ3) is 4.19. The lowest BCUT2D eigenvalue weighted by Gasteiger charge is -2.07. The minimum Gasteiger partial charge on any atom is -0.342 e. The Labute approximate surface area is 175 Å². The maximum atomic E-state index is 6.07. The number of hydrogen-bond donors (Lipinski definition) is 1. The van der Waals surface area contributed by atoms with Gasteiger partial charge in [-0.25, -0.2) is 4.98 Å². The van der Waals surface area contributed by atoms with Gasteiger partial charge < -0.3 is 4.98 Å². The third-order valence-electron chi connectivity index (χ3n) is 5.47. The van der Waals surface area contributed by atoms with Crippen LogP contribution in [-0.2, 0) is 12.8 Å². The zero-order chi connectivity index (χ0) is 19.7. The Morgan fingerprint density at radius 2 is 1.50 bits per heavy atom. The lowest BCUT2D eigenvalue weighted by molar-refractivity contribution is 0.666. The van der Waals surface area contributed by atoms with E-state index >= 15 is 0 Å². The van der Waals surface area contributed by atoms with Gasteiger partial charge in [-0.2, -0.15) is 0 Å². The number of unbranched alkanes of at least 4 members (excludes halogenated alkanes) is 2. The van der Waals surface area contributed by atoms with Crippen molar-refractivity contribution in [2.75, 3.05) is 0 Å². The molecule has 28 heavy (non-hydrogen) atoms. The SMILES string of the molecule is Cc1cc2ccc(CCCCCc3nc4cc(Cl)c(Cl)cc4[nH]3)cc2cc1C. The van der Waals surface area contributed by atoms with Crippen LogP contribution < -0.4 is 0 Å². The summed E-state index contributed by atoms with van der Waals surface area (Å²) in [5, 5.41) is 3.79. The van der Waals surface area contributed by atoms with Gasteiger partial charge in [0.2, 0.25) is 0 Å². The van der Waals surface area contributed by atoms with Crippen LogP contribution >= 0.6 is 23.2 Å². The number of benzene rings is 3. The van der Waals surface area contributed by atoms with Crippen molar-refractivity contribution in [3.8, 4) is 0 Å². The lowest BCUT2D eigenvalue weighted by Crippen LogP contribution is -1.91. The highest BCUT2D eigenvalue weighted by atomic mass is 35.5. The predicted molar refractivity (Wildman–Crippen MR) is 121 cm³/mol. The van der Waals surface area contributed by atoms with Crippen molar-refractivity contribution in [1.29, 1.82) is 0 Å². The highest BCUT2D eigenvalue weighted by molar-refractivity contribution is 6.42. The molecule has 0 radical (unpaired) electrons. The number of nitrogens with zero attached hydrogens (tertiary/aromatic N) is 1. The van der Waals surface area contributed by atoms with Crippen LogP contribution in [-0.4, -0.2) is 9.97 Å². The molecule has 0 bridgehead atoms. The fourth-order valence-electron chi connectivity index (χ4n) is 3.70. The van der Waals surface area contributed by atoms with Crippen molar-refractivity contribution in [2.24, 2.45) is 0 Å². The van der Waals surface area contributed by atoms with E-state index in [1.165, 1.54) is 40.3 Å². The van der Waals surface area contributed by atoms with Crippen molar-refractivity contribution >= 4 is 45.0 Å². The molecule has 0 saturated heterocycles. The number of hydrogen-bond acceptors (Lipinski definition) is 1. The van der Waals surface area contributed by atoms with E-state index in [4.69, 9.17) is 23.2 Å². The van der Waals surface area contributed by atoms with Gasteiger partial charge in [-0.1, -0.05) is 60.0 Å². The molecule has 144 valence electrons. The largest absolute Gasteiger partial charge is 0.342 e. The molecule has 4 heteroatoms. The minimum atomic E-state index is 0.549. The summed E-state index contributed by atoms with van der Waals surface area (Å²) in [5.74, 6) is 1.00. The number of H-pyrrole nitrogens is 1. The van der Waals surface area contributed by atoms with Gasteiger partial charge in [0, 0.05) is 6.42 Å². The average Bonchev–Trinajstić information content (AvgIpc) is 3.04. The molecule has 3 aromatic carbocycles. The second-order valence-electron chi connectivity index (χ2n) is 7.65. The van der Waals surface area contributed by atoms with Gasteiger partial charge in [0.15, 0.2) is 0 Å². The van der Waals surface area contributed by atoms with Gasteiger partial charge in [-0.15, -0.1) is 0 Å². The summed E-state index contributed by atoms with van der Waals surface area (Å²) in [6.45, 7) is 4.36. The predicted octanol–water partition coefficient (Wildman–Crippen LogP) is 7.60. The summed E-state index contributed by atoms with van der Waals surface area (Å²) >= 11 is 12.1. The van der Waals surface area contributed by atoms with Crippen LogP contribution in [0.5, 0.6) is 0 Å². The molecular formula is C24H24Cl2N2. The number of aromatic nitrogens is 2. The number of fused-ring (bicyclic) bond motifs is 2. The van der Waals surface area contributed by atoms with Gasteiger partial charge in [-0.05, 0) is 72.7 Å². The van der Waals surface area contributed by atoms with Crippen molar-refractivity contribution in [3.63, 3.8) is 0 Å². The molecule has 0 aliphatic heterocycles. The summed E-state index contributed by atoms with van der Waals surface area (Å²) in [6, 6.07) is 15.1. The maximum Gasteiger partial charge on any atom is 0.107 e. The molecule has 0 aliphatic rings. The Balaban J connectivity index is 1.31. The fraction of sp³-hybridized carbons (Fsp3) is 0.292. The molecular weight excluding hydrogens is 387 g/mol. The summed E-state index contributed by atoms with van der Waals surface area (Å²) in [5.41, 5.74) is 5.97. The topological polar surface area (TPSA) is 28.7 Å². The molecule has 0 atom stereocenters. The molecule has 0 saturated carbocycles. The maximum absolute atomic E-state index is 6.07. The van der Waals surface area contributed by atoms with Crippen LogP contribution in [0.1, 0.15) is 41.8 Å². The first kappa shape index (κ1) is 19.3. The standard InChI is InChI=1S/C24H24Cl2N2/c1-15-10-18-9-8-17(12-19(18)11-16(15)2)6-4-3-5-7-24-27-22-13-20(25)21(26)14-23(22)28-24/h8-14H,3-7H2,1-2H3,(H,27,28). The van der Waals surface area contributed by atoms with E-state index in [1.807, 2.05) is 12.1 Å². The third-order valence-corrected chi connectivity index (χ3v) is 6.19. The minimum absolute atomic E-state index is 0.549. The second-order valence-corrected chi connectivity index (χ2v) is 8.46. The highest BCUT2D eigenvalue weighted by Gasteiger charge is 2.07. The summed E-state index contributed by atoms with van der Waals surface area (Å²) < 4.78 is 0. The average molecular weight is 411 g/mol. The molecule has 4 rings (SSSR count). The van der Waals surface area contributed by atoms with Crippen molar-refractivity contribution < 1.29 is 0 Å². The second kappa shape index (κ2) is 8.14. The summed E-state index contributed by atoms with van der Waals surface area (Å²) in [4.78, 5) is 7.97. The van der Waals surface area contributed by atoms with Crippen molar-refractivity contribution in [2.45, 2.75) is 46.0 Å². The first-order valence-corrected chi connectivity index (χ1v) is 10.6. The zero-order valence-corrected chi connectivity index (χ0v) is 17.8. The molecule has 1 heterocycles. The van der Waals surface area contributed by atoms with Crippen LogP contribution in [0.4, 0.5) is 0 Å². The quantitative estimate of drug-likeness (QED) is 0.325. The molecule has 0 fully saturated rings. The molecule has 0 aliphatic carbocycles.